The van der Waals surface area contributed by atoms with E-state index >= 15 is 0 Å². The number of ether oxygens (including phenoxy) is 1. The highest BCUT2D eigenvalue weighted by Crippen LogP contribution is 2.22. The average molecular weight is 556 g/mol. The zero-order valence-corrected chi connectivity index (χ0v) is 23.3. The molecule has 3 aromatic carbocycles. The Morgan fingerprint density at radius 2 is 1.59 bits per heavy atom. The molecule has 2 amide bonds. The minimum Gasteiger partial charge on any atom is -0.497 e. The Balaban J connectivity index is 2.06. The van der Waals surface area contributed by atoms with Gasteiger partial charge in [0.15, 0.2) is 0 Å². The monoisotopic (exact) mass is 555 g/mol. The van der Waals surface area contributed by atoms with E-state index in [9.17, 15) is 22.4 Å². The lowest BCUT2D eigenvalue weighted by molar-refractivity contribution is -0.140. The van der Waals surface area contributed by atoms with Crippen molar-refractivity contribution in [2.75, 3.05) is 24.2 Å². The molecule has 39 heavy (non-hydrogen) atoms. The Kier molecular flexibility index (Phi) is 10.1. The van der Waals surface area contributed by atoms with Gasteiger partial charge in [-0.3, -0.25) is 13.9 Å². The SMILES string of the molecule is COc1cccc(CN(C(=O)CN(c2ccc(F)cc2)S(C)(=O)=O)[C@@H](Cc2ccccc2)C(=O)NC(C)C)c1. The molecule has 3 aromatic rings. The smallest absolute Gasteiger partial charge is 0.244 e. The number of methoxy groups -OCH3 is 1. The van der Waals surface area contributed by atoms with Gasteiger partial charge in [-0.05, 0) is 61.4 Å². The maximum atomic E-state index is 14.0. The largest absolute Gasteiger partial charge is 0.497 e. The van der Waals surface area contributed by atoms with E-state index in [4.69, 9.17) is 4.74 Å². The van der Waals surface area contributed by atoms with Gasteiger partial charge in [0, 0.05) is 19.0 Å². The lowest BCUT2D eigenvalue weighted by atomic mass is 10.0. The molecule has 8 nitrogen and oxygen atoms in total. The molecule has 0 fully saturated rings. The molecule has 0 aliphatic heterocycles. The fourth-order valence-electron chi connectivity index (χ4n) is 4.12. The van der Waals surface area contributed by atoms with Crippen molar-refractivity contribution in [2.45, 2.75) is 38.9 Å². The number of sulfonamides is 1. The van der Waals surface area contributed by atoms with E-state index in [2.05, 4.69) is 5.32 Å². The third-order valence-corrected chi connectivity index (χ3v) is 7.12. The molecule has 0 unspecified atom stereocenters. The minimum absolute atomic E-state index is 0.0278. The van der Waals surface area contributed by atoms with Crippen LogP contribution in [0.25, 0.3) is 0 Å². The van der Waals surface area contributed by atoms with E-state index in [0.717, 1.165) is 28.3 Å². The minimum atomic E-state index is -3.92. The van der Waals surface area contributed by atoms with Crippen molar-refractivity contribution >= 4 is 27.5 Å². The summed E-state index contributed by atoms with van der Waals surface area (Å²) >= 11 is 0. The second kappa shape index (κ2) is 13.2. The first-order valence-electron chi connectivity index (χ1n) is 12.5. The Hall–Kier alpha value is -3.92. The Bertz CT molecular complexity index is 1370. The fourth-order valence-corrected chi connectivity index (χ4v) is 4.97. The van der Waals surface area contributed by atoms with Gasteiger partial charge in [0.2, 0.25) is 21.8 Å². The number of nitrogens with one attached hydrogen (secondary N) is 1. The summed E-state index contributed by atoms with van der Waals surface area (Å²) in [4.78, 5) is 28.9. The number of carbonyl (C=O) groups is 2. The highest BCUT2D eigenvalue weighted by molar-refractivity contribution is 7.92. The van der Waals surface area contributed by atoms with Gasteiger partial charge >= 0.3 is 0 Å². The molecule has 0 saturated heterocycles. The van der Waals surface area contributed by atoms with Crippen molar-refractivity contribution in [1.82, 2.24) is 10.2 Å². The van der Waals surface area contributed by atoms with Gasteiger partial charge in [-0.2, -0.15) is 0 Å². The van der Waals surface area contributed by atoms with E-state index in [1.54, 1.807) is 24.3 Å². The van der Waals surface area contributed by atoms with E-state index < -0.39 is 34.3 Å². The van der Waals surface area contributed by atoms with Crippen molar-refractivity contribution in [3.63, 3.8) is 0 Å². The molecule has 0 spiro atoms. The van der Waals surface area contributed by atoms with Crippen LogP contribution in [0.15, 0.2) is 78.9 Å². The summed E-state index contributed by atoms with van der Waals surface area (Å²) in [6, 6.07) is 20.1. The summed E-state index contributed by atoms with van der Waals surface area (Å²) in [7, 11) is -2.39. The van der Waals surface area contributed by atoms with Crippen molar-refractivity contribution in [3.05, 3.63) is 95.8 Å². The molecular weight excluding hydrogens is 521 g/mol. The molecule has 0 bridgehead atoms. The van der Waals surface area contributed by atoms with Gasteiger partial charge < -0.3 is 15.0 Å². The highest BCUT2D eigenvalue weighted by Gasteiger charge is 2.33. The third kappa shape index (κ3) is 8.54. The third-order valence-electron chi connectivity index (χ3n) is 5.98. The van der Waals surface area contributed by atoms with Crippen LogP contribution < -0.4 is 14.4 Å². The van der Waals surface area contributed by atoms with Crippen LogP contribution in [-0.4, -0.2) is 57.1 Å². The van der Waals surface area contributed by atoms with E-state index in [1.165, 1.54) is 24.1 Å². The number of rotatable bonds is 12. The first kappa shape index (κ1) is 29.6. The molecular formula is C29H34FN3O5S. The van der Waals surface area contributed by atoms with Crippen LogP contribution in [0.5, 0.6) is 5.75 Å². The van der Waals surface area contributed by atoms with Gasteiger partial charge in [-0.15, -0.1) is 0 Å². The number of benzene rings is 3. The molecule has 1 N–H and O–H groups in total. The number of anilines is 1. The average Bonchev–Trinajstić information content (AvgIpc) is 2.89. The number of nitrogens with zero attached hydrogens (tertiary/aromatic N) is 2. The zero-order valence-electron chi connectivity index (χ0n) is 22.5. The molecule has 208 valence electrons. The lowest BCUT2D eigenvalue weighted by Crippen LogP contribution is -2.54. The van der Waals surface area contributed by atoms with Gasteiger partial charge in [0.05, 0.1) is 19.1 Å². The number of carbonyl (C=O) groups excluding carboxylic acids is 2. The molecule has 3 rings (SSSR count). The normalized spacial score (nSPS) is 12.1. The van der Waals surface area contributed by atoms with Crippen molar-refractivity contribution in [1.29, 1.82) is 0 Å². The zero-order chi connectivity index (χ0) is 28.6. The van der Waals surface area contributed by atoms with Gasteiger partial charge in [-0.25, -0.2) is 12.8 Å². The second-order valence-corrected chi connectivity index (χ2v) is 11.4. The van der Waals surface area contributed by atoms with Gasteiger partial charge in [0.1, 0.15) is 24.2 Å². The Labute approximate surface area is 229 Å². The molecule has 10 heteroatoms. The summed E-state index contributed by atoms with van der Waals surface area (Å²) in [6.07, 6.45) is 1.19. The number of hydrogen-bond donors (Lipinski definition) is 1. The van der Waals surface area contributed by atoms with E-state index in [-0.39, 0.29) is 30.6 Å². The highest BCUT2D eigenvalue weighted by atomic mass is 32.2. The lowest BCUT2D eigenvalue weighted by Gasteiger charge is -2.34. The molecule has 1 atom stereocenters. The first-order valence-corrected chi connectivity index (χ1v) is 14.3. The van der Waals surface area contributed by atoms with Crippen LogP contribution in [0.2, 0.25) is 0 Å². The van der Waals surface area contributed by atoms with Crippen molar-refractivity contribution in [2.24, 2.45) is 0 Å². The summed E-state index contributed by atoms with van der Waals surface area (Å²) in [5, 5.41) is 2.90. The number of amides is 2. The van der Waals surface area contributed by atoms with Crippen molar-refractivity contribution in [3.8, 4) is 5.75 Å². The molecule has 0 aliphatic rings. The molecule has 0 aliphatic carbocycles. The first-order chi connectivity index (χ1) is 18.5. The quantitative estimate of drug-likeness (QED) is 0.367. The van der Waals surface area contributed by atoms with Crippen LogP contribution in [0.1, 0.15) is 25.0 Å². The van der Waals surface area contributed by atoms with Crippen LogP contribution in [0.4, 0.5) is 10.1 Å². The Morgan fingerprint density at radius 1 is 0.949 bits per heavy atom. The summed E-state index contributed by atoms with van der Waals surface area (Å²) in [6.45, 7) is 3.10. The summed E-state index contributed by atoms with van der Waals surface area (Å²) < 4.78 is 45.2. The standard InChI is InChI=1S/C29H34FN3O5S/c1-21(2)31-29(35)27(18-22-9-6-5-7-10-22)32(19-23-11-8-12-26(17-23)38-3)28(34)20-33(39(4,36)37)25-15-13-24(30)14-16-25/h5-17,21,27H,18-20H2,1-4H3,(H,31,35)/t27-/m0/s1. The second-order valence-electron chi connectivity index (χ2n) is 9.49. The maximum absolute atomic E-state index is 14.0. The van der Waals surface area contributed by atoms with Crippen LogP contribution in [0, 0.1) is 5.82 Å². The summed E-state index contributed by atoms with van der Waals surface area (Å²) in [5.41, 5.74) is 1.67. The number of hydrogen-bond acceptors (Lipinski definition) is 5. The van der Waals surface area contributed by atoms with Gasteiger partial charge in [0.25, 0.3) is 0 Å². The molecule has 0 saturated carbocycles. The topological polar surface area (TPSA) is 96.0 Å². The predicted octanol–water partition coefficient (Wildman–Crippen LogP) is 3.77. The predicted molar refractivity (Wildman–Crippen MR) is 149 cm³/mol. The number of halogens is 1. The van der Waals surface area contributed by atoms with Gasteiger partial charge in [-0.1, -0.05) is 42.5 Å². The summed E-state index contributed by atoms with van der Waals surface area (Å²) in [5.74, 6) is -0.910. The maximum Gasteiger partial charge on any atom is 0.244 e. The van der Waals surface area contributed by atoms with Crippen LogP contribution in [-0.2, 0) is 32.6 Å². The Morgan fingerprint density at radius 3 is 2.18 bits per heavy atom. The fraction of sp³-hybridized carbons (Fsp3) is 0.310. The molecule has 0 aromatic heterocycles. The van der Waals surface area contributed by atoms with Crippen LogP contribution in [0.3, 0.4) is 0 Å². The van der Waals surface area contributed by atoms with Crippen molar-refractivity contribution < 1.29 is 27.1 Å². The van der Waals surface area contributed by atoms with Crippen LogP contribution >= 0.6 is 0 Å². The van der Waals surface area contributed by atoms with E-state index in [1.807, 2.05) is 44.2 Å². The molecule has 0 heterocycles. The van der Waals surface area contributed by atoms with E-state index in [0.29, 0.717) is 11.3 Å². The molecule has 0 radical (unpaired) electrons.